The molecule has 2 aliphatic rings. The predicted molar refractivity (Wildman–Crippen MR) is 132 cm³/mol. The van der Waals surface area contributed by atoms with Crippen LogP contribution in [0, 0.1) is 0 Å². The summed E-state index contributed by atoms with van der Waals surface area (Å²) >= 11 is 9.61. The summed E-state index contributed by atoms with van der Waals surface area (Å²) in [5.41, 5.74) is 1.33. The molecule has 0 bridgehead atoms. The van der Waals surface area contributed by atoms with Crippen LogP contribution in [-0.2, 0) is 16.0 Å². The number of hydrogen-bond donors (Lipinski definition) is 1. The lowest BCUT2D eigenvalue weighted by Crippen LogP contribution is -2.56. The van der Waals surface area contributed by atoms with Gasteiger partial charge in [-0.25, -0.2) is 9.78 Å². The molecule has 2 fully saturated rings. The quantitative estimate of drug-likeness (QED) is 0.522. The van der Waals surface area contributed by atoms with Crippen molar-refractivity contribution in [1.82, 2.24) is 9.88 Å². The van der Waals surface area contributed by atoms with Gasteiger partial charge in [0.2, 0.25) is 0 Å². The van der Waals surface area contributed by atoms with Gasteiger partial charge >= 0.3 is 12.1 Å². The Morgan fingerprint density at radius 3 is 2.43 bits per heavy atom. The second-order valence-electron chi connectivity index (χ2n) is 8.68. The fourth-order valence-electron chi connectivity index (χ4n) is 4.38. The van der Waals surface area contributed by atoms with E-state index < -0.39 is 12.1 Å². The van der Waals surface area contributed by atoms with Crippen LogP contribution >= 0.6 is 27.5 Å². The van der Waals surface area contributed by atoms with Crippen molar-refractivity contribution in [1.29, 1.82) is 0 Å². The molecule has 2 aromatic rings. The van der Waals surface area contributed by atoms with E-state index in [2.05, 4.69) is 55.8 Å². The van der Waals surface area contributed by atoms with Crippen molar-refractivity contribution < 1.29 is 27.8 Å². The van der Waals surface area contributed by atoms with Crippen LogP contribution in [0.2, 0.25) is 5.02 Å². The molecule has 11 heteroatoms. The standard InChI is InChI=1S/C22H27BrClN3O.C2HF3O2/c1-16-14-27(21(15-28-16)12-17-2-4-19(24)5-3-17)20-7-10-26(11-8-20)22-13-18(23)6-9-25-22;3-2(4,5)1(6)7/h2-6,9,13,16,20-21H,7-8,10-12,14-15H2,1H3;(H,6,7)/t16-,21-;/m0./s1. The van der Waals surface area contributed by atoms with Gasteiger partial charge in [-0.05, 0) is 56.0 Å². The van der Waals surface area contributed by atoms with Gasteiger partial charge in [-0.1, -0.05) is 39.7 Å². The Morgan fingerprint density at radius 2 is 1.86 bits per heavy atom. The molecule has 35 heavy (non-hydrogen) atoms. The zero-order valence-electron chi connectivity index (χ0n) is 19.2. The highest BCUT2D eigenvalue weighted by atomic mass is 79.9. The minimum atomic E-state index is -5.08. The molecule has 192 valence electrons. The van der Waals surface area contributed by atoms with E-state index in [4.69, 9.17) is 26.2 Å². The van der Waals surface area contributed by atoms with Crippen molar-refractivity contribution in [2.75, 3.05) is 31.1 Å². The van der Waals surface area contributed by atoms with E-state index in [1.807, 2.05) is 24.4 Å². The fourth-order valence-corrected chi connectivity index (χ4v) is 4.83. The number of halogens is 5. The average molecular weight is 579 g/mol. The average Bonchev–Trinajstić information content (AvgIpc) is 2.81. The molecule has 2 saturated heterocycles. The number of anilines is 1. The second kappa shape index (κ2) is 12.4. The molecule has 4 rings (SSSR count). The van der Waals surface area contributed by atoms with Crippen LogP contribution < -0.4 is 4.90 Å². The molecule has 1 aromatic carbocycles. The molecule has 2 aliphatic heterocycles. The van der Waals surface area contributed by atoms with Gasteiger partial charge in [-0.15, -0.1) is 0 Å². The number of aromatic nitrogens is 1. The lowest BCUT2D eigenvalue weighted by atomic mass is 9.96. The number of rotatable bonds is 4. The molecule has 2 atom stereocenters. The van der Waals surface area contributed by atoms with Crippen LogP contribution in [0.5, 0.6) is 0 Å². The summed E-state index contributed by atoms with van der Waals surface area (Å²) in [7, 11) is 0. The van der Waals surface area contributed by atoms with E-state index in [-0.39, 0.29) is 0 Å². The van der Waals surface area contributed by atoms with Gasteiger partial charge in [0, 0.05) is 47.4 Å². The normalized spacial score (nSPS) is 21.8. The third-order valence-corrected chi connectivity index (χ3v) is 6.85. The van der Waals surface area contributed by atoms with Crippen molar-refractivity contribution in [2.24, 2.45) is 0 Å². The highest BCUT2D eigenvalue weighted by Gasteiger charge is 2.38. The minimum absolute atomic E-state index is 0.297. The predicted octanol–water partition coefficient (Wildman–Crippen LogP) is 5.43. The molecule has 1 aromatic heterocycles. The maximum absolute atomic E-state index is 10.6. The Hall–Kier alpha value is -1.88. The monoisotopic (exact) mass is 577 g/mol. The van der Waals surface area contributed by atoms with Crippen LogP contribution in [0.4, 0.5) is 19.0 Å². The molecule has 1 N–H and O–H groups in total. The molecule has 6 nitrogen and oxygen atoms in total. The molecule has 0 spiro atoms. The molecule has 0 amide bonds. The van der Waals surface area contributed by atoms with Crippen LogP contribution in [0.25, 0.3) is 0 Å². The van der Waals surface area contributed by atoms with Gasteiger partial charge in [0.05, 0.1) is 12.7 Å². The highest BCUT2D eigenvalue weighted by Crippen LogP contribution is 2.27. The Morgan fingerprint density at radius 1 is 1.23 bits per heavy atom. The zero-order valence-corrected chi connectivity index (χ0v) is 21.6. The molecule has 0 saturated carbocycles. The maximum atomic E-state index is 10.6. The van der Waals surface area contributed by atoms with E-state index in [0.717, 1.165) is 60.8 Å². The van der Waals surface area contributed by atoms with E-state index in [1.54, 1.807) is 0 Å². The van der Waals surface area contributed by atoms with E-state index in [1.165, 1.54) is 5.56 Å². The molecular weight excluding hydrogens is 551 g/mol. The summed E-state index contributed by atoms with van der Waals surface area (Å²) in [6.07, 6.45) is 0.427. The van der Waals surface area contributed by atoms with Gasteiger partial charge in [0.25, 0.3) is 0 Å². The Bertz CT molecular complexity index is 972. The summed E-state index contributed by atoms with van der Waals surface area (Å²) in [5, 5.41) is 7.92. The van der Waals surface area contributed by atoms with Crippen molar-refractivity contribution in [3.05, 3.63) is 57.7 Å². The summed E-state index contributed by atoms with van der Waals surface area (Å²) in [6, 6.07) is 13.4. The molecule has 3 heterocycles. The number of alkyl halides is 3. The first-order valence-corrected chi connectivity index (χ1v) is 12.5. The zero-order chi connectivity index (χ0) is 25.6. The summed E-state index contributed by atoms with van der Waals surface area (Å²) in [4.78, 5) is 18.5. The third-order valence-electron chi connectivity index (χ3n) is 6.10. The molecule has 0 radical (unpaired) electrons. The van der Waals surface area contributed by atoms with E-state index in [0.29, 0.717) is 18.2 Å². The fraction of sp³-hybridized carbons (Fsp3) is 0.500. The smallest absolute Gasteiger partial charge is 0.475 e. The lowest BCUT2D eigenvalue weighted by Gasteiger charge is -2.46. The van der Waals surface area contributed by atoms with Crippen molar-refractivity contribution in [3.63, 3.8) is 0 Å². The SMILES string of the molecule is C[C@H]1CN(C2CCN(c3cc(Br)ccn3)CC2)[C@@H](Cc2ccc(Cl)cc2)CO1.O=C(O)C(F)(F)F. The van der Waals surface area contributed by atoms with Gasteiger partial charge in [0.15, 0.2) is 0 Å². The van der Waals surface area contributed by atoms with Gasteiger partial charge in [0.1, 0.15) is 5.82 Å². The van der Waals surface area contributed by atoms with Crippen molar-refractivity contribution >= 4 is 39.3 Å². The Labute approximate surface area is 216 Å². The largest absolute Gasteiger partial charge is 0.490 e. The topological polar surface area (TPSA) is 65.9 Å². The number of carboxylic acids is 1. The number of morpholine rings is 1. The van der Waals surface area contributed by atoms with Crippen LogP contribution in [0.1, 0.15) is 25.3 Å². The number of carboxylic acid groups (broad SMARTS) is 1. The molecule has 0 unspecified atom stereocenters. The van der Waals surface area contributed by atoms with E-state index in [9.17, 15) is 13.2 Å². The van der Waals surface area contributed by atoms with Crippen molar-refractivity contribution in [3.8, 4) is 0 Å². The molecule has 0 aliphatic carbocycles. The Balaban J connectivity index is 0.000000429. The summed E-state index contributed by atoms with van der Waals surface area (Å²) in [5.74, 6) is -1.69. The number of carbonyl (C=O) groups is 1. The lowest BCUT2D eigenvalue weighted by molar-refractivity contribution is -0.192. The number of ether oxygens (including phenoxy) is 1. The van der Waals surface area contributed by atoms with Crippen LogP contribution in [0.15, 0.2) is 47.1 Å². The minimum Gasteiger partial charge on any atom is -0.475 e. The first-order chi connectivity index (χ1) is 16.5. The second-order valence-corrected chi connectivity index (χ2v) is 10.0. The van der Waals surface area contributed by atoms with Crippen LogP contribution in [-0.4, -0.2) is 71.6 Å². The molecular formula is C24H28BrClF3N3O3. The number of pyridine rings is 1. The van der Waals surface area contributed by atoms with Gasteiger partial charge in [-0.2, -0.15) is 13.2 Å². The van der Waals surface area contributed by atoms with Gasteiger partial charge < -0.3 is 14.7 Å². The summed E-state index contributed by atoms with van der Waals surface area (Å²) < 4.78 is 38.8. The maximum Gasteiger partial charge on any atom is 0.490 e. The number of nitrogens with zero attached hydrogens (tertiary/aromatic N) is 3. The van der Waals surface area contributed by atoms with E-state index >= 15 is 0 Å². The highest BCUT2D eigenvalue weighted by molar-refractivity contribution is 9.10. The number of aliphatic carboxylic acids is 1. The first kappa shape index (κ1) is 27.7. The first-order valence-electron chi connectivity index (χ1n) is 11.3. The number of piperidine rings is 1. The van der Waals surface area contributed by atoms with Crippen molar-refractivity contribution in [2.45, 2.75) is 50.6 Å². The third kappa shape index (κ3) is 8.34. The van der Waals surface area contributed by atoms with Crippen LogP contribution in [0.3, 0.4) is 0 Å². The van der Waals surface area contributed by atoms with Gasteiger partial charge in [-0.3, -0.25) is 4.90 Å². The Kier molecular flexibility index (Phi) is 9.80. The summed E-state index contributed by atoms with van der Waals surface area (Å²) in [6.45, 7) is 6.10. The number of hydrogen-bond acceptors (Lipinski definition) is 5. The number of benzene rings is 1.